The normalized spacial score (nSPS) is 9.89. The number of nitro benzene ring substituents is 1. The zero-order valence-corrected chi connectivity index (χ0v) is 15.9. The second kappa shape index (κ2) is 8.36. The summed E-state index contributed by atoms with van der Waals surface area (Å²) in [6.45, 7) is 3.34. The summed E-state index contributed by atoms with van der Waals surface area (Å²) < 4.78 is 0.147. The Kier molecular flexibility index (Phi) is 6.72. The summed E-state index contributed by atoms with van der Waals surface area (Å²) in [6, 6.07) is 4.52. The Morgan fingerprint density at radius 1 is 1.00 bits per heavy atom. The van der Waals surface area contributed by atoms with Gasteiger partial charge in [-0.25, -0.2) is 9.59 Å². The molecule has 0 aliphatic rings. The topological polar surface area (TPSA) is 196 Å². The number of hydrogen-bond donors (Lipinski definition) is 5. The lowest BCUT2D eigenvalue weighted by Crippen LogP contribution is -2.08. The molecule has 0 radical (unpaired) electrons. The Hall–Kier alpha value is -3.34. The van der Waals surface area contributed by atoms with Gasteiger partial charge in [0.2, 0.25) is 0 Å². The number of benzene rings is 2. The van der Waals surface area contributed by atoms with Crippen molar-refractivity contribution < 1.29 is 24.7 Å². The van der Waals surface area contributed by atoms with Crippen molar-refractivity contribution in [1.29, 1.82) is 0 Å². The molecule has 0 aliphatic carbocycles. The van der Waals surface area contributed by atoms with Gasteiger partial charge in [-0.1, -0.05) is 6.07 Å². The highest BCUT2D eigenvalue weighted by Gasteiger charge is 2.27. The predicted molar refractivity (Wildman–Crippen MR) is 104 cm³/mol. The lowest BCUT2D eigenvalue weighted by atomic mass is 10.1. The average molecular weight is 441 g/mol. The van der Waals surface area contributed by atoms with E-state index in [1.54, 1.807) is 19.9 Å². The third-order valence-corrected chi connectivity index (χ3v) is 4.26. The van der Waals surface area contributed by atoms with E-state index in [0.717, 1.165) is 5.56 Å². The van der Waals surface area contributed by atoms with Crippen molar-refractivity contribution in [2.24, 2.45) is 0 Å². The fourth-order valence-electron chi connectivity index (χ4n) is 2.10. The number of hydrogen-bond acceptors (Lipinski definition) is 7. The van der Waals surface area contributed by atoms with E-state index < -0.39 is 28.1 Å². The minimum Gasteiger partial charge on any atom is -0.478 e. The van der Waals surface area contributed by atoms with E-state index in [9.17, 15) is 19.7 Å². The maximum atomic E-state index is 10.8. The number of aryl methyl sites for hydroxylation is 2. The van der Waals surface area contributed by atoms with Crippen molar-refractivity contribution in [3.05, 3.63) is 55.0 Å². The Morgan fingerprint density at radius 2 is 1.56 bits per heavy atom. The van der Waals surface area contributed by atoms with Crippen LogP contribution in [-0.2, 0) is 0 Å². The number of halogens is 1. The molecule has 2 rings (SSSR count). The second-order valence-electron chi connectivity index (χ2n) is 5.44. The zero-order valence-electron chi connectivity index (χ0n) is 14.3. The van der Waals surface area contributed by atoms with Gasteiger partial charge < -0.3 is 27.4 Å². The average Bonchev–Trinajstić information content (AvgIpc) is 2.55. The SMILES string of the molecule is Cc1cc(Br)c(C(=O)O)c([N+](=O)[O-])c1N.Cc1ccc(C(=O)O)c(N)c1N. The van der Waals surface area contributed by atoms with Crippen LogP contribution >= 0.6 is 15.9 Å². The quantitative estimate of drug-likeness (QED) is 0.270. The molecular weight excluding hydrogens is 424 g/mol. The molecule has 144 valence electrons. The van der Waals surface area contributed by atoms with E-state index in [2.05, 4.69) is 15.9 Å². The molecular formula is C16H17BrN4O6. The second-order valence-corrected chi connectivity index (χ2v) is 6.29. The molecule has 0 fully saturated rings. The maximum Gasteiger partial charge on any atom is 0.343 e. The van der Waals surface area contributed by atoms with Gasteiger partial charge in [0.25, 0.3) is 0 Å². The maximum absolute atomic E-state index is 10.8. The molecule has 0 atom stereocenters. The number of anilines is 3. The Morgan fingerprint density at radius 3 is 2.00 bits per heavy atom. The molecule has 11 heteroatoms. The summed E-state index contributed by atoms with van der Waals surface area (Å²) in [7, 11) is 0. The van der Waals surface area contributed by atoms with Crippen molar-refractivity contribution in [3.8, 4) is 0 Å². The third-order valence-electron chi connectivity index (χ3n) is 3.63. The lowest BCUT2D eigenvalue weighted by molar-refractivity contribution is -0.384. The van der Waals surface area contributed by atoms with E-state index >= 15 is 0 Å². The van der Waals surface area contributed by atoms with Crippen molar-refractivity contribution in [2.45, 2.75) is 13.8 Å². The molecule has 0 spiro atoms. The molecule has 27 heavy (non-hydrogen) atoms. The number of nitrogens with zero attached hydrogens (tertiary/aromatic N) is 1. The molecule has 0 amide bonds. The standard InChI is InChI=1S/C8H7BrN2O4.C8H10N2O2/c1-3-2-4(9)5(8(12)13)7(6(3)10)11(14)15;1-4-2-3-5(8(11)12)7(10)6(4)9/h2H,10H2,1H3,(H,12,13);2-3H,9-10H2,1H3,(H,11,12). The van der Waals surface area contributed by atoms with Crippen LogP contribution in [-0.4, -0.2) is 27.1 Å². The van der Waals surface area contributed by atoms with Crippen LogP contribution < -0.4 is 17.2 Å². The van der Waals surface area contributed by atoms with Gasteiger partial charge in [0.15, 0.2) is 5.56 Å². The molecule has 0 saturated heterocycles. The van der Waals surface area contributed by atoms with Crippen molar-refractivity contribution >= 4 is 50.6 Å². The van der Waals surface area contributed by atoms with E-state index in [4.69, 9.17) is 27.4 Å². The smallest absolute Gasteiger partial charge is 0.343 e. The van der Waals surface area contributed by atoms with Gasteiger partial charge in [-0.05, 0) is 53.0 Å². The van der Waals surface area contributed by atoms with Gasteiger partial charge >= 0.3 is 17.6 Å². The van der Waals surface area contributed by atoms with Gasteiger partial charge in [0.05, 0.1) is 21.9 Å². The van der Waals surface area contributed by atoms with Crippen molar-refractivity contribution in [1.82, 2.24) is 0 Å². The van der Waals surface area contributed by atoms with Crippen LogP contribution in [0.4, 0.5) is 22.7 Å². The predicted octanol–water partition coefficient (Wildman–Crippen LogP) is 2.80. The van der Waals surface area contributed by atoms with Gasteiger partial charge in [0, 0.05) is 4.47 Å². The third kappa shape index (κ3) is 4.64. The Labute approximate surface area is 161 Å². The number of nitrogen functional groups attached to an aromatic ring is 3. The fraction of sp³-hybridized carbons (Fsp3) is 0.125. The molecule has 0 aliphatic heterocycles. The molecule has 2 aromatic carbocycles. The summed E-state index contributed by atoms with van der Waals surface area (Å²) >= 11 is 2.96. The lowest BCUT2D eigenvalue weighted by Gasteiger charge is -2.06. The van der Waals surface area contributed by atoms with Gasteiger partial charge in [-0.3, -0.25) is 10.1 Å². The molecule has 0 heterocycles. The number of carboxylic acid groups (broad SMARTS) is 2. The number of nitro groups is 1. The van der Waals surface area contributed by atoms with E-state index in [-0.39, 0.29) is 21.4 Å². The molecule has 0 bridgehead atoms. The van der Waals surface area contributed by atoms with Crippen LogP contribution in [0.15, 0.2) is 22.7 Å². The zero-order chi connectivity index (χ0) is 21.0. The minimum atomic E-state index is -1.39. The monoisotopic (exact) mass is 440 g/mol. The van der Waals surface area contributed by atoms with Gasteiger partial charge in [-0.15, -0.1) is 0 Å². The highest BCUT2D eigenvalue weighted by Crippen LogP contribution is 2.35. The first-order valence-corrected chi connectivity index (χ1v) is 8.03. The molecule has 0 aromatic heterocycles. The molecule has 10 nitrogen and oxygen atoms in total. The molecule has 0 unspecified atom stereocenters. The Balaban J connectivity index is 0.000000277. The van der Waals surface area contributed by atoms with E-state index in [0.29, 0.717) is 11.3 Å². The van der Waals surface area contributed by atoms with Crippen molar-refractivity contribution in [2.75, 3.05) is 17.2 Å². The summed E-state index contributed by atoms with van der Waals surface area (Å²) in [6.07, 6.45) is 0. The first kappa shape index (κ1) is 21.7. The Bertz CT molecular complexity index is 945. The number of rotatable bonds is 3. The van der Waals surface area contributed by atoms with E-state index in [1.165, 1.54) is 12.1 Å². The van der Waals surface area contributed by atoms with Gasteiger partial charge in [-0.2, -0.15) is 0 Å². The largest absolute Gasteiger partial charge is 0.478 e. The summed E-state index contributed by atoms with van der Waals surface area (Å²) in [5.74, 6) is -2.44. The number of nitrogens with two attached hydrogens (primary N) is 3. The highest BCUT2D eigenvalue weighted by molar-refractivity contribution is 9.10. The van der Waals surface area contributed by atoms with Crippen molar-refractivity contribution in [3.63, 3.8) is 0 Å². The van der Waals surface area contributed by atoms with Crippen LogP contribution in [0.5, 0.6) is 0 Å². The summed E-state index contributed by atoms with van der Waals surface area (Å²) in [4.78, 5) is 31.3. The van der Waals surface area contributed by atoms with Crippen LogP contribution in [0, 0.1) is 24.0 Å². The van der Waals surface area contributed by atoms with Crippen LogP contribution in [0.3, 0.4) is 0 Å². The highest BCUT2D eigenvalue weighted by atomic mass is 79.9. The minimum absolute atomic E-state index is 0.0538. The van der Waals surface area contributed by atoms with Crippen LogP contribution in [0.2, 0.25) is 0 Å². The first-order valence-electron chi connectivity index (χ1n) is 7.24. The number of carboxylic acids is 2. The summed E-state index contributed by atoms with van der Waals surface area (Å²) in [5, 5.41) is 28.2. The molecule has 2 aromatic rings. The fourth-order valence-corrected chi connectivity index (χ4v) is 2.80. The number of aromatic carboxylic acids is 2. The van der Waals surface area contributed by atoms with Crippen LogP contribution in [0.1, 0.15) is 31.8 Å². The van der Waals surface area contributed by atoms with Crippen LogP contribution in [0.25, 0.3) is 0 Å². The number of carbonyl (C=O) groups is 2. The molecule has 8 N–H and O–H groups in total. The molecule has 0 saturated carbocycles. The summed E-state index contributed by atoms with van der Waals surface area (Å²) in [5.41, 5.74) is 17.1. The first-order chi connectivity index (χ1) is 12.4. The van der Waals surface area contributed by atoms with Gasteiger partial charge in [0.1, 0.15) is 5.69 Å². The van der Waals surface area contributed by atoms with E-state index in [1.807, 2.05) is 0 Å².